The summed E-state index contributed by atoms with van der Waals surface area (Å²) in [5, 5.41) is 9.72. The first-order valence-corrected chi connectivity index (χ1v) is 9.98. The van der Waals surface area contributed by atoms with E-state index in [4.69, 9.17) is 0 Å². The SMILES string of the molecule is CCCCCCCCc1nnnn1CCC(F)(F)C(F)(F)C(F)(F)C(F)(F)C(F)(F)C(F)(F)F. The van der Waals surface area contributed by atoms with Crippen LogP contribution in [0.4, 0.5) is 57.1 Å². The third kappa shape index (κ3) is 5.69. The van der Waals surface area contributed by atoms with Crippen LogP contribution >= 0.6 is 0 Å². The molecule has 0 aliphatic heterocycles. The predicted octanol–water partition coefficient (Wildman–Crippen LogP) is 6.71. The van der Waals surface area contributed by atoms with Crippen molar-refractivity contribution in [2.75, 3.05) is 0 Å². The molecule has 0 atom stereocenters. The van der Waals surface area contributed by atoms with E-state index in [1.54, 1.807) is 0 Å². The number of aromatic nitrogens is 4. The van der Waals surface area contributed by atoms with Crippen molar-refractivity contribution in [2.24, 2.45) is 0 Å². The van der Waals surface area contributed by atoms with Gasteiger partial charge < -0.3 is 0 Å². The molecule has 1 heterocycles. The summed E-state index contributed by atoms with van der Waals surface area (Å²) in [5.74, 6) is -37.0. The highest BCUT2D eigenvalue weighted by Gasteiger charge is 2.90. The molecule has 0 aliphatic rings. The molecule has 0 unspecified atom stereocenters. The topological polar surface area (TPSA) is 43.6 Å². The third-order valence-corrected chi connectivity index (χ3v) is 5.00. The van der Waals surface area contributed by atoms with Gasteiger partial charge >= 0.3 is 35.8 Å². The maximum absolute atomic E-state index is 13.9. The first-order valence-electron chi connectivity index (χ1n) is 9.98. The van der Waals surface area contributed by atoms with E-state index < -0.39 is 48.8 Å². The molecule has 17 heteroatoms. The van der Waals surface area contributed by atoms with Gasteiger partial charge in [-0.25, -0.2) is 4.68 Å². The lowest BCUT2D eigenvalue weighted by molar-refractivity contribution is -0.440. The lowest BCUT2D eigenvalue weighted by Gasteiger charge is -2.39. The molecule has 0 aliphatic carbocycles. The minimum Gasteiger partial charge on any atom is -0.229 e. The van der Waals surface area contributed by atoms with Crippen LogP contribution in [0.5, 0.6) is 0 Å². The fourth-order valence-electron chi connectivity index (χ4n) is 2.84. The average molecular weight is 528 g/mol. The van der Waals surface area contributed by atoms with E-state index >= 15 is 0 Å². The van der Waals surface area contributed by atoms with Crippen LogP contribution in [0.25, 0.3) is 0 Å². The van der Waals surface area contributed by atoms with Crippen LogP contribution in [-0.4, -0.2) is 56.0 Å². The van der Waals surface area contributed by atoms with Gasteiger partial charge in [-0.1, -0.05) is 39.0 Å². The molecule has 0 aromatic carbocycles. The molecular formula is C17H21F13N4. The summed E-state index contributed by atoms with van der Waals surface area (Å²) in [7, 11) is 0. The smallest absolute Gasteiger partial charge is 0.229 e. The van der Waals surface area contributed by atoms with Gasteiger partial charge in [0.25, 0.3) is 0 Å². The fourth-order valence-corrected chi connectivity index (χ4v) is 2.84. The molecule has 1 aromatic rings. The molecule has 0 N–H and O–H groups in total. The second-order valence-corrected chi connectivity index (χ2v) is 7.59. The maximum atomic E-state index is 13.9. The Morgan fingerprint density at radius 2 is 1.15 bits per heavy atom. The number of nitrogens with zero attached hydrogens (tertiary/aromatic N) is 4. The molecule has 0 bridgehead atoms. The highest BCUT2D eigenvalue weighted by molar-refractivity contribution is 5.10. The van der Waals surface area contributed by atoms with E-state index in [1.807, 2.05) is 6.92 Å². The van der Waals surface area contributed by atoms with Crippen molar-refractivity contribution >= 4 is 0 Å². The lowest BCUT2D eigenvalue weighted by Crippen LogP contribution is -2.70. The van der Waals surface area contributed by atoms with Crippen LogP contribution in [0, 0.1) is 0 Å². The number of unbranched alkanes of at least 4 members (excludes halogenated alkanes) is 5. The van der Waals surface area contributed by atoms with Crippen molar-refractivity contribution < 1.29 is 57.1 Å². The molecule has 1 aromatic heterocycles. The van der Waals surface area contributed by atoms with Crippen LogP contribution < -0.4 is 0 Å². The van der Waals surface area contributed by atoms with E-state index in [1.165, 1.54) is 0 Å². The number of halogens is 13. The number of aryl methyl sites for hydroxylation is 2. The number of hydrogen-bond donors (Lipinski definition) is 0. The summed E-state index contributed by atoms with van der Waals surface area (Å²) >= 11 is 0. The van der Waals surface area contributed by atoms with Crippen molar-refractivity contribution in [2.45, 2.75) is 101 Å². The molecule has 34 heavy (non-hydrogen) atoms. The highest BCUT2D eigenvalue weighted by Crippen LogP contribution is 2.60. The van der Waals surface area contributed by atoms with Gasteiger partial charge in [-0.2, -0.15) is 57.1 Å². The normalized spacial score (nSPS) is 14.6. The van der Waals surface area contributed by atoms with E-state index in [0.717, 1.165) is 25.7 Å². The molecule has 4 nitrogen and oxygen atoms in total. The maximum Gasteiger partial charge on any atom is 0.460 e. The Kier molecular flexibility index (Phi) is 9.25. The van der Waals surface area contributed by atoms with E-state index in [0.29, 0.717) is 17.5 Å². The Morgan fingerprint density at radius 1 is 0.647 bits per heavy atom. The highest BCUT2D eigenvalue weighted by atomic mass is 19.4. The summed E-state index contributed by atoms with van der Waals surface area (Å²) in [6.45, 7) is 0.643. The number of alkyl halides is 13. The standard InChI is InChI=1S/C17H21F13N4/c1-2-3-4-5-6-7-8-11-31-32-33-34(11)10-9-12(18,19)13(20,21)14(22,23)15(24,25)16(26,27)17(28,29)30/h2-10H2,1H3. The van der Waals surface area contributed by atoms with Gasteiger partial charge in [0, 0.05) is 12.8 Å². The quantitative estimate of drug-likeness (QED) is 0.199. The Hall–Kier alpha value is -1.84. The van der Waals surface area contributed by atoms with Crippen molar-refractivity contribution in [1.82, 2.24) is 20.2 Å². The van der Waals surface area contributed by atoms with E-state index in [9.17, 15) is 57.1 Å². The molecular weight excluding hydrogens is 507 g/mol. The first kappa shape index (κ1) is 30.2. The molecule has 0 saturated heterocycles. The second kappa shape index (κ2) is 10.4. The minimum atomic E-state index is -7.90. The van der Waals surface area contributed by atoms with Crippen molar-refractivity contribution in [3.63, 3.8) is 0 Å². The second-order valence-electron chi connectivity index (χ2n) is 7.59. The van der Waals surface area contributed by atoms with Gasteiger partial charge in [0.1, 0.15) is 0 Å². The Labute approximate surface area is 184 Å². The molecule has 200 valence electrons. The summed E-state index contributed by atoms with van der Waals surface area (Å²) < 4.78 is 171. The molecule has 0 saturated carbocycles. The Bertz CT molecular complexity index is 774. The monoisotopic (exact) mass is 528 g/mol. The third-order valence-electron chi connectivity index (χ3n) is 5.00. The molecule has 1 rings (SSSR count). The summed E-state index contributed by atoms with van der Waals surface area (Å²) in [6.07, 6.45) is -4.96. The Balaban J connectivity index is 2.97. The van der Waals surface area contributed by atoms with Crippen molar-refractivity contribution in [3.05, 3.63) is 5.82 Å². The van der Waals surface area contributed by atoms with Gasteiger partial charge in [-0.05, 0) is 16.8 Å². The van der Waals surface area contributed by atoms with Crippen LogP contribution in [0.2, 0.25) is 0 Å². The van der Waals surface area contributed by atoms with Crippen LogP contribution in [0.15, 0.2) is 0 Å². The van der Waals surface area contributed by atoms with E-state index in [2.05, 4.69) is 15.5 Å². The zero-order valence-corrected chi connectivity index (χ0v) is 17.6. The number of hydrogen-bond acceptors (Lipinski definition) is 3. The lowest BCUT2D eigenvalue weighted by atomic mass is 9.92. The molecule has 0 fully saturated rings. The van der Waals surface area contributed by atoms with Gasteiger partial charge in [-0.3, -0.25) is 0 Å². The average Bonchev–Trinajstić information content (AvgIpc) is 3.15. The Morgan fingerprint density at radius 3 is 1.68 bits per heavy atom. The molecule has 0 amide bonds. The van der Waals surface area contributed by atoms with Crippen LogP contribution in [0.3, 0.4) is 0 Å². The van der Waals surface area contributed by atoms with Crippen LogP contribution in [0.1, 0.15) is 57.7 Å². The minimum absolute atomic E-state index is 0.0626. The summed E-state index contributed by atoms with van der Waals surface area (Å²) in [5.41, 5.74) is 0. The number of tetrazole rings is 1. The van der Waals surface area contributed by atoms with Gasteiger partial charge in [0.2, 0.25) is 0 Å². The van der Waals surface area contributed by atoms with Crippen molar-refractivity contribution in [3.8, 4) is 0 Å². The van der Waals surface area contributed by atoms with Crippen molar-refractivity contribution in [1.29, 1.82) is 0 Å². The zero-order valence-electron chi connectivity index (χ0n) is 17.6. The summed E-state index contributed by atoms with van der Waals surface area (Å²) in [6, 6.07) is 0. The van der Waals surface area contributed by atoms with Crippen LogP contribution in [-0.2, 0) is 13.0 Å². The summed E-state index contributed by atoms with van der Waals surface area (Å²) in [4.78, 5) is 0. The largest absolute Gasteiger partial charge is 0.460 e. The van der Waals surface area contributed by atoms with Gasteiger partial charge in [0.05, 0.1) is 6.54 Å². The molecule has 0 radical (unpaired) electrons. The van der Waals surface area contributed by atoms with Gasteiger partial charge in [-0.15, -0.1) is 5.10 Å². The molecule has 0 spiro atoms. The van der Waals surface area contributed by atoms with E-state index in [-0.39, 0.29) is 12.2 Å². The number of rotatable bonds is 14. The zero-order chi connectivity index (χ0) is 26.6. The first-order chi connectivity index (χ1) is 15.3. The van der Waals surface area contributed by atoms with Gasteiger partial charge in [0.15, 0.2) is 5.82 Å². The fraction of sp³-hybridized carbons (Fsp3) is 0.941. The predicted molar refractivity (Wildman–Crippen MR) is 90.3 cm³/mol.